The number of hydrogen-bond donors (Lipinski definition) is 3. The van der Waals surface area contributed by atoms with E-state index in [1.165, 1.54) is 37.7 Å². The molecule has 256 valence electrons. The average Bonchev–Trinajstić information content (AvgIpc) is 3.45. The van der Waals surface area contributed by atoms with E-state index in [4.69, 9.17) is 0 Å². The fraction of sp³-hybridized carbons (Fsp3) is 0.732. The number of carboxylic acid groups (broad SMARTS) is 1. The highest BCUT2D eigenvalue weighted by atomic mass is 16.4. The van der Waals surface area contributed by atoms with Crippen LogP contribution in [0.1, 0.15) is 147 Å². The molecule has 0 bridgehead atoms. The maximum atomic E-state index is 13.4. The van der Waals surface area contributed by atoms with E-state index in [-0.39, 0.29) is 33.2 Å². The highest BCUT2D eigenvalue weighted by Crippen LogP contribution is 2.76. The summed E-state index contributed by atoms with van der Waals surface area (Å²) in [5.74, 6) is 0.504. The lowest BCUT2D eigenvalue weighted by Gasteiger charge is -2.72. The minimum absolute atomic E-state index is 0.00747. The molecule has 0 aromatic heterocycles. The summed E-state index contributed by atoms with van der Waals surface area (Å²) in [6.07, 6.45) is 19.3. The van der Waals surface area contributed by atoms with Crippen molar-refractivity contribution >= 4 is 23.4 Å². The fourth-order valence-electron chi connectivity index (χ4n) is 13.5. The third kappa shape index (κ3) is 4.96. The van der Waals surface area contributed by atoms with E-state index in [9.17, 15) is 19.5 Å². The van der Waals surface area contributed by atoms with Crippen molar-refractivity contribution in [2.45, 2.75) is 143 Å². The minimum atomic E-state index is -0.878. The zero-order chi connectivity index (χ0) is 33.4. The molecule has 1 aromatic carbocycles. The molecule has 5 fully saturated rings. The first-order valence-corrected chi connectivity index (χ1v) is 18.9. The molecule has 7 rings (SSSR count). The third-order valence-corrected chi connectivity index (χ3v) is 15.9. The van der Waals surface area contributed by atoms with Gasteiger partial charge in [0.1, 0.15) is 0 Å². The Morgan fingerprint density at radius 3 is 2.13 bits per heavy atom. The third-order valence-electron chi connectivity index (χ3n) is 15.9. The number of carbonyl (C=O) groups excluding carboxylic acids is 2. The second-order valence-electron chi connectivity index (χ2n) is 18.0. The summed E-state index contributed by atoms with van der Waals surface area (Å²) in [5.41, 5.74) is 3.25. The van der Waals surface area contributed by atoms with Crippen molar-refractivity contribution in [3.8, 4) is 0 Å². The van der Waals surface area contributed by atoms with E-state index < -0.39 is 17.8 Å². The highest BCUT2D eigenvalue weighted by Gasteiger charge is 2.69. The Morgan fingerprint density at radius 2 is 1.43 bits per heavy atom. The number of aromatic carboxylic acids is 1. The molecule has 3 N–H and O–H groups in total. The van der Waals surface area contributed by atoms with Crippen LogP contribution in [0.4, 0.5) is 0 Å². The maximum Gasteiger partial charge on any atom is 0.335 e. The van der Waals surface area contributed by atoms with Gasteiger partial charge >= 0.3 is 17.8 Å². The standard InChI is InChI=1S/C41H58N2O4/c1-37(2)29(26-13-15-27(16-14-26)36(46)47)19-22-38(3)32(37)20-23-40(5)33(38)18-17-30-31-12-9-21-41(31,25-24-39(30,40)4)43-35(45)34(44)42-28-10-7-6-8-11-28/h13-16,19,28,30-33H,6-12,17-18,20-25H2,1-5H3,(H,42,44)(H,43,45)(H,46,47)/t30?,31?,32?,33?,38?,39-,40?,41?/m1/s1. The van der Waals surface area contributed by atoms with E-state index in [1.807, 2.05) is 12.1 Å². The van der Waals surface area contributed by atoms with Gasteiger partial charge in [-0.3, -0.25) is 9.59 Å². The summed E-state index contributed by atoms with van der Waals surface area (Å²) in [6.45, 7) is 12.7. The van der Waals surface area contributed by atoms with Crippen LogP contribution >= 0.6 is 0 Å². The largest absolute Gasteiger partial charge is 0.478 e. The number of fused-ring (bicyclic) bond motifs is 7. The average molecular weight is 643 g/mol. The van der Waals surface area contributed by atoms with Crippen molar-refractivity contribution in [1.82, 2.24) is 10.6 Å². The lowest BCUT2D eigenvalue weighted by molar-refractivity contribution is -0.217. The summed E-state index contributed by atoms with van der Waals surface area (Å²) < 4.78 is 0. The van der Waals surface area contributed by atoms with E-state index in [2.05, 4.69) is 51.3 Å². The van der Waals surface area contributed by atoms with Crippen LogP contribution in [0.2, 0.25) is 0 Å². The Kier molecular flexibility index (Phi) is 8.03. The Hall–Kier alpha value is -2.63. The molecule has 0 aliphatic heterocycles. The molecule has 6 heteroatoms. The fourth-order valence-corrected chi connectivity index (χ4v) is 13.5. The van der Waals surface area contributed by atoms with Crippen LogP contribution in [-0.4, -0.2) is 34.5 Å². The SMILES string of the molecule is CC1(C)C(c2ccc(C(=O)O)cc2)=CCC2(C)C1CCC1(C)C2CCC2C3CCCC3(NC(=O)C(=O)NC3CCCCC3)CC[C@]21C. The van der Waals surface area contributed by atoms with Crippen molar-refractivity contribution in [2.75, 3.05) is 0 Å². The van der Waals surface area contributed by atoms with Gasteiger partial charge in [-0.2, -0.15) is 0 Å². The van der Waals surface area contributed by atoms with Crippen LogP contribution in [-0.2, 0) is 9.59 Å². The number of rotatable bonds is 4. The normalized spacial score (nSPS) is 40.9. The Morgan fingerprint density at radius 1 is 0.702 bits per heavy atom. The zero-order valence-corrected chi connectivity index (χ0v) is 29.6. The van der Waals surface area contributed by atoms with Crippen molar-refractivity contribution in [2.24, 2.45) is 45.3 Å². The molecule has 1 aromatic rings. The van der Waals surface area contributed by atoms with Gasteiger partial charge in [-0.15, -0.1) is 0 Å². The van der Waals surface area contributed by atoms with Crippen LogP contribution in [0.15, 0.2) is 30.3 Å². The first-order valence-electron chi connectivity index (χ1n) is 18.9. The van der Waals surface area contributed by atoms with Crippen LogP contribution in [0.3, 0.4) is 0 Å². The van der Waals surface area contributed by atoms with Gasteiger partial charge in [0, 0.05) is 11.6 Å². The molecule has 0 radical (unpaired) electrons. The number of benzene rings is 1. The van der Waals surface area contributed by atoms with Crippen molar-refractivity contribution in [3.05, 3.63) is 41.5 Å². The predicted molar refractivity (Wildman–Crippen MR) is 185 cm³/mol. The number of allylic oxidation sites excluding steroid dienone is 2. The Balaban J connectivity index is 1.12. The number of carboxylic acids is 1. The molecule has 8 atom stereocenters. The monoisotopic (exact) mass is 642 g/mol. The quantitative estimate of drug-likeness (QED) is 0.287. The molecule has 47 heavy (non-hydrogen) atoms. The van der Waals surface area contributed by atoms with Crippen molar-refractivity contribution in [3.63, 3.8) is 0 Å². The second-order valence-corrected chi connectivity index (χ2v) is 18.0. The molecule has 5 saturated carbocycles. The van der Waals surface area contributed by atoms with E-state index in [0.717, 1.165) is 69.8 Å². The highest BCUT2D eigenvalue weighted by molar-refractivity contribution is 6.35. The van der Waals surface area contributed by atoms with E-state index in [0.29, 0.717) is 29.2 Å². The van der Waals surface area contributed by atoms with Crippen LogP contribution in [0, 0.1) is 45.3 Å². The van der Waals surface area contributed by atoms with Crippen molar-refractivity contribution < 1.29 is 19.5 Å². The summed E-state index contributed by atoms with van der Waals surface area (Å²) in [5, 5.41) is 15.9. The molecule has 6 aliphatic carbocycles. The molecular weight excluding hydrogens is 584 g/mol. The van der Waals surface area contributed by atoms with Gasteiger partial charge in [0.15, 0.2) is 0 Å². The van der Waals surface area contributed by atoms with Gasteiger partial charge in [-0.05, 0) is 139 Å². The molecular formula is C41H58N2O4. The molecule has 7 unspecified atom stereocenters. The Bertz CT molecular complexity index is 1460. The summed E-state index contributed by atoms with van der Waals surface area (Å²) in [4.78, 5) is 38.0. The topological polar surface area (TPSA) is 95.5 Å². The Labute approximate surface area is 282 Å². The first kappa shape index (κ1) is 32.9. The van der Waals surface area contributed by atoms with Crippen LogP contribution in [0.25, 0.3) is 5.57 Å². The lowest BCUT2D eigenvalue weighted by Crippen LogP contribution is -2.68. The van der Waals surface area contributed by atoms with Gasteiger partial charge in [-0.1, -0.05) is 78.5 Å². The molecule has 2 amide bonds. The number of amides is 2. The number of hydrogen-bond acceptors (Lipinski definition) is 3. The number of carbonyl (C=O) groups is 3. The van der Waals surface area contributed by atoms with Crippen molar-refractivity contribution in [1.29, 1.82) is 0 Å². The van der Waals surface area contributed by atoms with E-state index >= 15 is 0 Å². The van der Waals surface area contributed by atoms with E-state index in [1.54, 1.807) is 12.1 Å². The van der Waals surface area contributed by atoms with Gasteiger partial charge in [0.25, 0.3) is 0 Å². The van der Waals surface area contributed by atoms with Gasteiger partial charge in [0.05, 0.1) is 5.56 Å². The van der Waals surface area contributed by atoms with Crippen LogP contribution in [0.5, 0.6) is 0 Å². The first-order chi connectivity index (χ1) is 22.3. The zero-order valence-electron chi connectivity index (χ0n) is 29.6. The predicted octanol–water partition coefficient (Wildman–Crippen LogP) is 8.55. The molecule has 6 aliphatic rings. The number of nitrogens with one attached hydrogen (secondary N) is 2. The van der Waals surface area contributed by atoms with Gasteiger partial charge in [-0.25, -0.2) is 4.79 Å². The molecule has 6 nitrogen and oxygen atoms in total. The second kappa shape index (κ2) is 11.5. The van der Waals surface area contributed by atoms with Crippen LogP contribution < -0.4 is 10.6 Å². The molecule has 0 heterocycles. The molecule has 0 spiro atoms. The summed E-state index contributed by atoms with van der Waals surface area (Å²) in [7, 11) is 0. The lowest BCUT2D eigenvalue weighted by atomic mass is 9.33. The summed E-state index contributed by atoms with van der Waals surface area (Å²) >= 11 is 0. The molecule has 0 saturated heterocycles. The smallest absolute Gasteiger partial charge is 0.335 e. The minimum Gasteiger partial charge on any atom is -0.478 e. The maximum absolute atomic E-state index is 13.4. The van der Waals surface area contributed by atoms with Gasteiger partial charge in [0.2, 0.25) is 0 Å². The summed E-state index contributed by atoms with van der Waals surface area (Å²) in [6, 6.07) is 7.66. The van der Waals surface area contributed by atoms with Gasteiger partial charge < -0.3 is 15.7 Å².